The number of amides is 2. The summed E-state index contributed by atoms with van der Waals surface area (Å²) in [5.74, 6) is -0.125. The minimum Gasteiger partial charge on any atom is -0.453 e. The molecule has 6 nitrogen and oxygen atoms in total. The quantitative estimate of drug-likeness (QED) is 0.819. The van der Waals surface area contributed by atoms with Crippen molar-refractivity contribution in [3.63, 3.8) is 0 Å². The first kappa shape index (κ1) is 16.1. The normalized spacial score (nSPS) is 24.7. The Labute approximate surface area is 125 Å². The molecule has 1 atom stereocenters. The van der Waals surface area contributed by atoms with Gasteiger partial charge in [0.1, 0.15) is 6.04 Å². The molecule has 0 aromatic rings. The maximum atomic E-state index is 12.4. The van der Waals surface area contributed by atoms with Crippen molar-refractivity contribution in [2.75, 3.05) is 26.8 Å². The second kappa shape index (κ2) is 7.11. The number of rotatable bonds is 4. The molecule has 2 amide bonds. The van der Waals surface area contributed by atoms with E-state index in [0.717, 1.165) is 38.5 Å². The van der Waals surface area contributed by atoms with Gasteiger partial charge in [0.15, 0.2) is 0 Å². The van der Waals surface area contributed by atoms with Crippen LogP contribution in [-0.4, -0.2) is 54.9 Å². The fraction of sp³-hybridized carbons (Fsp3) is 0.867. The Bertz CT molecular complexity index is 380. The lowest BCUT2D eigenvalue weighted by Crippen LogP contribution is -2.53. The average Bonchev–Trinajstić information content (AvgIpc) is 3.01. The van der Waals surface area contributed by atoms with Gasteiger partial charge in [0.05, 0.1) is 13.7 Å². The number of aliphatic hydroxyl groups excluding tert-OH is 1. The van der Waals surface area contributed by atoms with Gasteiger partial charge in [-0.25, -0.2) is 4.79 Å². The number of hydrogen-bond donors (Lipinski definition) is 2. The molecule has 120 valence electrons. The number of carbonyl (C=O) groups excluding carboxylic acids is 2. The number of carbonyl (C=O) groups is 2. The zero-order valence-electron chi connectivity index (χ0n) is 12.8. The number of hydrogen-bond acceptors (Lipinski definition) is 4. The van der Waals surface area contributed by atoms with Crippen LogP contribution in [0, 0.1) is 5.41 Å². The van der Waals surface area contributed by atoms with Gasteiger partial charge >= 0.3 is 6.09 Å². The number of nitrogens with zero attached hydrogens (tertiary/aromatic N) is 1. The predicted molar refractivity (Wildman–Crippen MR) is 77.7 cm³/mol. The van der Waals surface area contributed by atoms with E-state index < -0.39 is 12.1 Å². The zero-order chi connectivity index (χ0) is 15.3. The van der Waals surface area contributed by atoms with E-state index in [-0.39, 0.29) is 17.9 Å². The summed E-state index contributed by atoms with van der Waals surface area (Å²) in [6.45, 7) is 1.17. The molecule has 1 saturated carbocycles. The summed E-state index contributed by atoms with van der Waals surface area (Å²) in [5, 5.41) is 12.5. The van der Waals surface area contributed by atoms with E-state index in [4.69, 9.17) is 4.74 Å². The Morgan fingerprint density at radius 3 is 2.62 bits per heavy atom. The fourth-order valence-electron chi connectivity index (χ4n) is 3.45. The summed E-state index contributed by atoms with van der Waals surface area (Å²) in [4.78, 5) is 25.7. The fourth-order valence-corrected chi connectivity index (χ4v) is 3.45. The second-order valence-corrected chi connectivity index (χ2v) is 6.26. The average molecular weight is 298 g/mol. The van der Waals surface area contributed by atoms with Gasteiger partial charge in [0.25, 0.3) is 0 Å². The molecule has 1 aliphatic carbocycles. The van der Waals surface area contributed by atoms with Crippen LogP contribution in [0.5, 0.6) is 0 Å². The minimum atomic E-state index is -0.441. The van der Waals surface area contributed by atoms with Gasteiger partial charge < -0.3 is 15.2 Å². The van der Waals surface area contributed by atoms with Crippen LogP contribution >= 0.6 is 0 Å². The van der Waals surface area contributed by atoms with Crippen LogP contribution in [0.15, 0.2) is 0 Å². The van der Waals surface area contributed by atoms with Crippen LogP contribution in [0.25, 0.3) is 0 Å². The topological polar surface area (TPSA) is 78.9 Å². The number of nitrogens with one attached hydrogen (secondary N) is 1. The first-order valence-electron chi connectivity index (χ1n) is 7.85. The maximum absolute atomic E-state index is 12.4. The lowest BCUT2D eigenvalue weighted by Gasteiger charge is -2.34. The van der Waals surface area contributed by atoms with Crippen LogP contribution in [0.1, 0.15) is 44.9 Å². The lowest BCUT2D eigenvalue weighted by molar-refractivity contribution is -0.127. The monoisotopic (exact) mass is 298 g/mol. The molecule has 0 radical (unpaired) electrons. The highest BCUT2D eigenvalue weighted by atomic mass is 16.5. The standard InChI is InChI=1S/C15H26N2O4/c1-21-14(20)17-9-5-2-6-12(17)13(19)16-10-15(11-18)7-3-4-8-15/h12,18H,2-11H2,1H3,(H,16,19)/t12-/m1/s1. The van der Waals surface area contributed by atoms with Crippen molar-refractivity contribution in [3.8, 4) is 0 Å². The van der Waals surface area contributed by atoms with Gasteiger partial charge in [-0.05, 0) is 32.1 Å². The van der Waals surface area contributed by atoms with Gasteiger partial charge in [0, 0.05) is 18.5 Å². The molecule has 0 spiro atoms. The lowest BCUT2D eigenvalue weighted by atomic mass is 9.87. The highest BCUT2D eigenvalue weighted by Crippen LogP contribution is 2.37. The van der Waals surface area contributed by atoms with E-state index in [2.05, 4.69) is 5.32 Å². The molecule has 1 saturated heterocycles. The molecule has 2 aliphatic rings. The third kappa shape index (κ3) is 3.67. The summed E-state index contributed by atoms with van der Waals surface area (Å²) >= 11 is 0. The van der Waals surface area contributed by atoms with Crippen molar-refractivity contribution >= 4 is 12.0 Å². The molecular formula is C15H26N2O4. The van der Waals surface area contributed by atoms with E-state index in [1.54, 1.807) is 0 Å². The Balaban J connectivity index is 1.93. The molecule has 0 aromatic carbocycles. The third-order valence-corrected chi connectivity index (χ3v) is 4.85. The van der Waals surface area contributed by atoms with Gasteiger partial charge in [-0.15, -0.1) is 0 Å². The molecule has 0 aromatic heterocycles. The Morgan fingerprint density at radius 1 is 1.29 bits per heavy atom. The number of methoxy groups -OCH3 is 1. The summed E-state index contributed by atoms with van der Waals surface area (Å²) in [7, 11) is 1.34. The largest absolute Gasteiger partial charge is 0.453 e. The Hall–Kier alpha value is -1.30. The number of piperidine rings is 1. The van der Waals surface area contributed by atoms with Gasteiger partial charge in [-0.3, -0.25) is 9.69 Å². The van der Waals surface area contributed by atoms with Crippen molar-refractivity contribution < 1.29 is 19.4 Å². The summed E-state index contributed by atoms with van der Waals surface area (Å²) in [6.07, 6.45) is 6.20. The number of aliphatic hydroxyl groups is 1. The van der Waals surface area contributed by atoms with Crippen LogP contribution in [0.3, 0.4) is 0 Å². The molecule has 21 heavy (non-hydrogen) atoms. The molecule has 2 rings (SSSR count). The molecule has 2 fully saturated rings. The zero-order valence-corrected chi connectivity index (χ0v) is 12.8. The first-order chi connectivity index (χ1) is 10.1. The molecule has 1 heterocycles. The van der Waals surface area contributed by atoms with Gasteiger partial charge in [-0.2, -0.15) is 0 Å². The first-order valence-corrected chi connectivity index (χ1v) is 7.85. The van der Waals surface area contributed by atoms with E-state index in [1.165, 1.54) is 12.0 Å². The molecular weight excluding hydrogens is 272 g/mol. The van der Waals surface area contributed by atoms with Crippen molar-refractivity contribution in [2.45, 2.75) is 51.0 Å². The van der Waals surface area contributed by atoms with E-state index in [1.807, 2.05) is 0 Å². The van der Waals surface area contributed by atoms with Crippen LogP contribution in [-0.2, 0) is 9.53 Å². The van der Waals surface area contributed by atoms with E-state index in [0.29, 0.717) is 19.5 Å². The third-order valence-electron chi connectivity index (χ3n) is 4.85. The smallest absolute Gasteiger partial charge is 0.410 e. The highest BCUT2D eigenvalue weighted by molar-refractivity contribution is 5.85. The highest BCUT2D eigenvalue weighted by Gasteiger charge is 2.36. The van der Waals surface area contributed by atoms with Crippen molar-refractivity contribution in [1.82, 2.24) is 10.2 Å². The SMILES string of the molecule is COC(=O)N1CCCC[C@@H]1C(=O)NCC1(CO)CCCC1. The van der Waals surface area contributed by atoms with Crippen LogP contribution < -0.4 is 5.32 Å². The predicted octanol–water partition coefficient (Wildman–Crippen LogP) is 1.28. The van der Waals surface area contributed by atoms with E-state index in [9.17, 15) is 14.7 Å². The molecule has 0 unspecified atom stereocenters. The van der Waals surface area contributed by atoms with Crippen molar-refractivity contribution in [2.24, 2.45) is 5.41 Å². The molecule has 0 bridgehead atoms. The summed E-state index contributed by atoms with van der Waals surface area (Å²) in [6, 6.07) is -0.441. The Morgan fingerprint density at radius 2 is 2.00 bits per heavy atom. The molecule has 6 heteroatoms. The van der Waals surface area contributed by atoms with Gasteiger partial charge in [-0.1, -0.05) is 12.8 Å². The maximum Gasteiger partial charge on any atom is 0.410 e. The van der Waals surface area contributed by atoms with Gasteiger partial charge in [0.2, 0.25) is 5.91 Å². The number of likely N-dealkylation sites (tertiary alicyclic amines) is 1. The number of ether oxygens (including phenoxy) is 1. The molecule has 1 aliphatic heterocycles. The van der Waals surface area contributed by atoms with Crippen LogP contribution in [0.2, 0.25) is 0 Å². The second-order valence-electron chi connectivity index (χ2n) is 6.26. The Kier molecular flexibility index (Phi) is 5.45. The van der Waals surface area contributed by atoms with E-state index >= 15 is 0 Å². The molecule has 2 N–H and O–H groups in total. The van der Waals surface area contributed by atoms with Crippen LogP contribution in [0.4, 0.5) is 4.79 Å². The summed E-state index contributed by atoms with van der Waals surface area (Å²) < 4.78 is 4.76. The minimum absolute atomic E-state index is 0.110. The van der Waals surface area contributed by atoms with Crippen molar-refractivity contribution in [3.05, 3.63) is 0 Å². The summed E-state index contributed by atoms with van der Waals surface area (Å²) in [5.41, 5.74) is -0.166. The van der Waals surface area contributed by atoms with Crippen molar-refractivity contribution in [1.29, 1.82) is 0 Å².